The molecule has 0 spiro atoms. The minimum Gasteiger partial charge on any atom is -0.482 e. The minimum absolute atomic E-state index is 0.278. The van der Waals surface area contributed by atoms with Crippen molar-refractivity contribution in [1.29, 1.82) is 0 Å². The third kappa shape index (κ3) is 4.46. The van der Waals surface area contributed by atoms with Crippen molar-refractivity contribution in [3.63, 3.8) is 0 Å². The van der Waals surface area contributed by atoms with E-state index in [-0.39, 0.29) is 5.69 Å². The number of anilines is 3. The molecule has 0 aliphatic carbocycles. The third-order valence-electron chi connectivity index (χ3n) is 5.83. The summed E-state index contributed by atoms with van der Waals surface area (Å²) in [5, 5.41) is 2.72. The van der Waals surface area contributed by atoms with Gasteiger partial charge in [0.25, 0.3) is 0 Å². The Bertz CT molecular complexity index is 1190. The van der Waals surface area contributed by atoms with Crippen molar-refractivity contribution in [1.82, 2.24) is 9.97 Å². The Kier molecular flexibility index (Phi) is 5.36. The van der Waals surface area contributed by atoms with Gasteiger partial charge in [-0.3, -0.25) is 9.88 Å². The summed E-state index contributed by atoms with van der Waals surface area (Å²) in [5.74, 6) is 0.437. The molecular formula is C25H26FN5O2. The van der Waals surface area contributed by atoms with E-state index in [1.54, 1.807) is 0 Å². The average molecular weight is 448 g/mol. The molecule has 1 fully saturated rings. The number of carbonyl (C=O) groups excluding carboxylic acids is 1. The summed E-state index contributed by atoms with van der Waals surface area (Å²) in [6.07, 6.45) is 4.91. The first-order valence-corrected chi connectivity index (χ1v) is 11.1. The number of nitrogens with one attached hydrogen (secondary N) is 1. The number of aromatic nitrogens is 2. The van der Waals surface area contributed by atoms with Crippen molar-refractivity contribution in [3.8, 4) is 17.0 Å². The molecule has 2 aliphatic heterocycles. The fraction of sp³-hybridized carbons (Fsp3) is 0.320. The van der Waals surface area contributed by atoms with E-state index in [9.17, 15) is 9.18 Å². The van der Waals surface area contributed by atoms with Gasteiger partial charge in [0.1, 0.15) is 11.4 Å². The van der Waals surface area contributed by atoms with Gasteiger partial charge in [0.15, 0.2) is 11.6 Å². The van der Waals surface area contributed by atoms with Gasteiger partial charge in [0.2, 0.25) is 0 Å². The molecule has 1 saturated heterocycles. The van der Waals surface area contributed by atoms with Crippen LogP contribution in [0.5, 0.6) is 5.75 Å². The van der Waals surface area contributed by atoms with Crippen LogP contribution < -0.4 is 19.9 Å². The Labute approximate surface area is 192 Å². The maximum absolute atomic E-state index is 13.5. The molecule has 0 saturated carbocycles. The van der Waals surface area contributed by atoms with E-state index >= 15 is 0 Å². The predicted molar refractivity (Wildman–Crippen MR) is 126 cm³/mol. The van der Waals surface area contributed by atoms with Gasteiger partial charge in [-0.2, -0.15) is 0 Å². The molecule has 1 aromatic carbocycles. The Morgan fingerprint density at radius 2 is 1.94 bits per heavy atom. The van der Waals surface area contributed by atoms with Crippen LogP contribution in [0, 0.1) is 5.82 Å². The summed E-state index contributed by atoms with van der Waals surface area (Å²) >= 11 is 0. The lowest BCUT2D eigenvalue weighted by Crippen LogP contribution is -2.51. The summed E-state index contributed by atoms with van der Waals surface area (Å²) in [7, 11) is 0. The largest absolute Gasteiger partial charge is 0.482 e. The number of fused-ring (bicyclic) bond motifs is 1. The average Bonchev–Trinajstić information content (AvgIpc) is 3.33. The molecule has 3 aromatic rings. The fourth-order valence-corrected chi connectivity index (χ4v) is 4.33. The number of urea groups is 1. The highest BCUT2D eigenvalue weighted by molar-refractivity contribution is 6.02. The quantitative estimate of drug-likeness (QED) is 0.605. The van der Waals surface area contributed by atoms with E-state index in [1.807, 2.05) is 38.1 Å². The van der Waals surface area contributed by atoms with E-state index < -0.39 is 17.4 Å². The maximum atomic E-state index is 13.5. The Hall–Kier alpha value is -3.68. The highest BCUT2D eigenvalue weighted by Gasteiger charge is 2.36. The summed E-state index contributed by atoms with van der Waals surface area (Å²) in [5.41, 5.74) is 2.57. The van der Waals surface area contributed by atoms with Crippen LogP contribution in [0.15, 0.2) is 54.9 Å². The van der Waals surface area contributed by atoms with Crippen LogP contribution >= 0.6 is 0 Å². The monoisotopic (exact) mass is 447 g/mol. The summed E-state index contributed by atoms with van der Waals surface area (Å²) in [4.78, 5) is 25.7. The second-order valence-electron chi connectivity index (χ2n) is 9.03. The van der Waals surface area contributed by atoms with Crippen LogP contribution in [0.2, 0.25) is 0 Å². The van der Waals surface area contributed by atoms with Crippen LogP contribution in [-0.2, 0) is 0 Å². The number of hydrogen-bond acceptors (Lipinski definition) is 5. The fourth-order valence-electron chi connectivity index (χ4n) is 4.33. The molecular weight excluding hydrogens is 421 g/mol. The van der Waals surface area contributed by atoms with E-state index in [0.717, 1.165) is 30.5 Å². The highest BCUT2D eigenvalue weighted by atomic mass is 19.1. The first-order valence-electron chi connectivity index (χ1n) is 11.1. The zero-order chi connectivity index (χ0) is 23.0. The van der Waals surface area contributed by atoms with Gasteiger partial charge in [-0.25, -0.2) is 14.2 Å². The number of amides is 2. The van der Waals surface area contributed by atoms with Gasteiger partial charge in [0.05, 0.1) is 30.3 Å². The van der Waals surface area contributed by atoms with Crippen LogP contribution in [0.25, 0.3) is 11.3 Å². The zero-order valence-electron chi connectivity index (χ0n) is 18.7. The number of rotatable bonds is 3. The number of benzene rings is 1. The molecule has 0 atom stereocenters. The molecule has 170 valence electrons. The Morgan fingerprint density at radius 1 is 1.12 bits per heavy atom. The molecule has 8 heteroatoms. The first kappa shape index (κ1) is 21.2. The standard InChI is InChI=1S/C25H26FN5O2/c1-25(2)16-31(24(32)28-19-13-18(26)14-27-15-19)23-22(33-25)9-8-21(29-23)17-6-5-7-20(12-17)30-10-3-4-11-30/h5-9,12-15H,3-4,10-11,16H2,1-2H3,(H,28,32). The van der Waals surface area contributed by atoms with Crippen molar-refractivity contribution in [2.45, 2.75) is 32.3 Å². The van der Waals surface area contributed by atoms with Crippen LogP contribution in [-0.4, -0.2) is 41.2 Å². The molecule has 7 nitrogen and oxygen atoms in total. The normalized spacial score (nSPS) is 16.8. The second kappa shape index (κ2) is 8.35. The summed E-state index contributed by atoms with van der Waals surface area (Å²) < 4.78 is 19.6. The predicted octanol–water partition coefficient (Wildman–Crippen LogP) is 5.09. The molecule has 5 rings (SSSR count). The SMILES string of the molecule is CC1(C)CN(C(=O)Nc2cncc(F)c2)c2nc(-c3cccc(N4CCCC4)c3)ccc2O1. The van der Waals surface area contributed by atoms with Crippen LogP contribution in [0.1, 0.15) is 26.7 Å². The molecule has 0 bridgehead atoms. The molecule has 0 radical (unpaired) electrons. The number of nitrogens with zero attached hydrogens (tertiary/aromatic N) is 4. The maximum Gasteiger partial charge on any atom is 0.327 e. The summed E-state index contributed by atoms with van der Waals surface area (Å²) in [6.45, 7) is 6.24. The lowest BCUT2D eigenvalue weighted by Gasteiger charge is -2.38. The molecule has 2 amide bonds. The third-order valence-corrected chi connectivity index (χ3v) is 5.83. The van der Waals surface area contributed by atoms with Gasteiger partial charge in [-0.1, -0.05) is 12.1 Å². The van der Waals surface area contributed by atoms with E-state index in [2.05, 4.69) is 27.3 Å². The smallest absolute Gasteiger partial charge is 0.327 e. The van der Waals surface area contributed by atoms with Crippen molar-refractivity contribution >= 4 is 23.2 Å². The van der Waals surface area contributed by atoms with Gasteiger partial charge in [-0.05, 0) is 51.0 Å². The molecule has 0 unspecified atom stereocenters. The van der Waals surface area contributed by atoms with E-state index in [4.69, 9.17) is 9.72 Å². The van der Waals surface area contributed by atoms with Gasteiger partial charge < -0.3 is 15.0 Å². The number of halogens is 1. The van der Waals surface area contributed by atoms with Crippen molar-refractivity contribution in [2.75, 3.05) is 34.8 Å². The second-order valence-corrected chi connectivity index (χ2v) is 9.03. The first-order chi connectivity index (χ1) is 15.9. The topological polar surface area (TPSA) is 70.6 Å². The van der Waals surface area contributed by atoms with Gasteiger partial charge in [-0.15, -0.1) is 0 Å². The Morgan fingerprint density at radius 3 is 2.73 bits per heavy atom. The number of carbonyl (C=O) groups is 1. The van der Waals surface area contributed by atoms with Crippen LogP contribution in [0.4, 0.5) is 26.4 Å². The molecule has 33 heavy (non-hydrogen) atoms. The molecule has 4 heterocycles. The molecule has 2 aromatic heterocycles. The van der Waals surface area contributed by atoms with E-state index in [0.29, 0.717) is 18.1 Å². The minimum atomic E-state index is -0.608. The molecule has 2 aliphatic rings. The number of hydrogen-bond donors (Lipinski definition) is 1. The lowest BCUT2D eigenvalue weighted by atomic mass is 10.1. The van der Waals surface area contributed by atoms with Gasteiger partial charge >= 0.3 is 6.03 Å². The Balaban J connectivity index is 1.48. The van der Waals surface area contributed by atoms with Gasteiger partial charge in [0, 0.05) is 30.4 Å². The zero-order valence-corrected chi connectivity index (χ0v) is 18.7. The summed E-state index contributed by atoms with van der Waals surface area (Å²) in [6, 6.07) is 12.9. The highest BCUT2D eigenvalue weighted by Crippen LogP contribution is 2.38. The van der Waals surface area contributed by atoms with Crippen molar-refractivity contribution in [3.05, 3.63) is 60.7 Å². The van der Waals surface area contributed by atoms with Crippen molar-refractivity contribution in [2.24, 2.45) is 0 Å². The number of ether oxygens (including phenoxy) is 1. The lowest BCUT2D eigenvalue weighted by molar-refractivity contribution is 0.106. The number of pyridine rings is 2. The van der Waals surface area contributed by atoms with E-state index in [1.165, 1.54) is 35.7 Å². The molecule has 1 N–H and O–H groups in total. The van der Waals surface area contributed by atoms with Crippen LogP contribution in [0.3, 0.4) is 0 Å². The van der Waals surface area contributed by atoms with Crippen molar-refractivity contribution < 1.29 is 13.9 Å².